The van der Waals surface area contributed by atoms with Gasteiger partial charge in [-0.2, -0.15) is 0 Å². The smallest absolute Gasteiger partial charge is 0.120 e. The molecule has 12 heavy (non-hydrogen) atoms. The number of carbonyl (C=O) groups is 1. The number of quaternary nitrogens is 1. The van der Waals surface area contributed by atoms with Gasteiger partial charge in [-0.25, -0.2) is 4.98 Å². The number of carboxylic acids is 1. The first-order valence-corrected chi connectivity index (χ1v) is 4.49. The van der Waals surface area contributed by atoms with Crippen LogP contribution in [0.1, 0.15) is 10.7 Å². The second-order valence-corrected chi connectivity index (χ2v) is 3.49. The number of nitrogens with zero attached hydrogens (tertiary/aromatic N) is 1. The lowest BCUT2D eigenvalue weighted by atomic mass is 10.5. The molecule has 1 heterocycles. The van der Waals surface area contributed by atoms with Gasteiger partial charge in [0.25, 0.3) is 0 Å². The molecule has 0 spiro atoms. The number of carbonyl (C=O) groups excluding carboxylic acids is 1. The summed E-state index contributed by atoms with van der Waals surface area (Å²) in [5.41, 5.74) is 0.929. The molecule has 0 amide bonds. The molecule has 1 aromatic rings. The van der Waals surface area contributed by atoms with Crippen LogP contribution in [0, 0.1) is 6.92 Å². The number of hydrogen-bond acceptors (Lipinski definition) is 4. The summed E-state index contributed by atoms with van der Waals surface area (Å²) >= 11 is 1.57. The first-order valence-electron chi connectivity index (χ1n) is 3.61. The number of aliphatic carboxylic acids is 1. The van der Waals surface area contributed by atoms with Crippen LogP contribution in [0.4, 0.5) is 0 Å². The summed E-state index contributed by atoms with van der Waals surface area (Å²) in [5.74, 6) is -1.04. The molecule has 0 saturated heterocycles. The van der Waals surface area contributed by atoms with Crippen molar-refractivity contribution in [2.45, 2.75) is 13.5 Å². The molecule has 0 unspecified atom stereocenters. The van der Waals surface area contributed by atoms with Gasteiger partial charge in [-0.15, -0.1) is 11.3 Å². The van der Waals surface area contributed by atoms with Crippen LogP contribution in [-0.2, 0) is 11.3 Å². The predicted octanol–water partition coefficient (Wildman–Crippen LogP) is -1.74. The van der Waals surface area contributed by atoms with Gasteiger partial charge in [-0.1, -0.05) is 0 Å². The molecule has 2 N–H and O–H groups in total. The van der Waals surface area contributed by atoms with E-state index in [1.165, 1.54) is 0 Å². The van der Waals surface area contributed by atoms with Crippen LogP contribution in [-0.4, -0.2) is 17.5 Å². The van der Waals surface area contributed by atoms with Crippen molar-refractivity contribution in [2.24, 2.45) is 0 Å². The van der Waals surface area contributed by atoms with E-state index in [4.69, 9.17) is 0 Å². The number of rotatable bonds is 4. The summed E-state index contributed by atoms with van der Waals surface area (Å²) in [6, 6.07) is 0. The zero-order valence-corrected chi connectivity index (χ0v) is 7.56. The Morgan fingerprint density at radius 3 is 3.08 bits per heavy atom. The number of thiazole rings is 1. The molecule has 1 rings (SSSR count). The van der Waals surface area contributed by atoms with Gasteiger partial charge < -0.3 is 15.2 Å². The van der Waals surface area contributed by atoms with Crippen molar-refractivity contribution in [3.8, 4) is 0 Å². The van der Waals surface area contributed by atoms with Crippen molar-refractivity contribution >= 4 is 17.3 Å². The second-order valence-electron chi connectivity index (χ2n) is 2.43. The minimum absolute atomic E-state index is 0.00340. The number of nitrogens with two attached hydrogens (primary N) is 1. The van der Waals surface area contributed by atoms with Crippen LogP contribution < -0.4 is 10.4 Å². The van der Waals surface area contributed by atoms with Gasteiger partial charge >= 0.3 is 0 Å². The highest BCUT2D eigenvalue weighted by Gasteiger charge is 1.99. The summed E-state index contributed by atoms with van der Waals surface area (Å²) in [6.07, 6.45) is 0. The molecule has 0 aliphatic heterocycles. The number of aromatic nitrogens is 1. The van der Waals surface area contributed by atoms with E-state index in [0.717, 1.165) is 10.7 Å². The lowest BCUT2D eigenvalue weighted by Crippen LogP contribution is -2.85. The summed E-state index contributed by atoms with van der Waals surface area (Å²) in [5, 5.41) is 14.6. The zero-order chi connectivity index (χ0) is 8.97. The van der Waals surface area contributed by atoms with Gasteiger partial charge in [-0.05, 0) is 6.92 Å². The van der Waals surface area contributed by atoms with Crippen LogP contribution >= 0.6 is 11.3 Å². The molecule has 0 fully saturated rings. The Balaban J connectivity index is 2.29. The Bertz CT molecular complexity index is 272. The van der Waals surface area contributed by atoms with Gasteiger partial charge in [0, 0.05) is 5.38 Å². The van der Waals surface area contributed by atoms with E-state index in [0.29, 0.717) is 6.54 Å². The normalized spacial score (nSPS) is 10.1. The van der Waals surface area contributed by atoms with Gasteiger partial charge in [0.1, 0.15) is 18.8 Å². The molecular weight excluding hydrogens is 176 g/mol. The van der Waals surface area contributed by atoms with E-state index in [1.807, 2.05) is 12.3 Å². The molecule has 0 aromatic carbocycles. The van der Waals surface area contributed by atoms with Gasteiger partial charge in [-0.3, -0.25) is 0 Å². The Morgan fingerprint density at radius 2 is 2.58 bits per heavy atom. The highest BCUT2D eigenvalue weighted by atomic mass is 32.1. The average molecular weight is 186 g/mol. The fraction of sp³-hybridized carbons (Fsp3) is 0.429. The van der Waals surface area contributed by atoms with Gasteiger partial charge in [0.15, 0.2) is 0 Å². The van der Waals surface area contributed by atoms with Crippen LogP contribution in [0.3, 0.4) is 0 Å². The van der Waals surface area contributed by atoms with Gasteiger partial charge in [0.2, 0.25) is 0 Å². The Labute approximate surface area is 74.3 Å². The monoisotopic (exact) mass is 186 g/mol. The predicted molar refractivity (Wildman–Crippen MR) is 42.4 cm³/mol. The Morgan fingerprint density at radius 1 is 1.83 bits per heavy atom. The third kappa shape index (κ3) is 2.98. The molecular formula is C7H10N2O2S. The van der Waals surface area contributed by atoms with E-state index >= 15 is 0 Å². The van der Waals surface area contributed by atoms with Crippen molar-refractivity contribution < 1.29 is 15.2 Å². The average Bonchev–Trinajstić information content (AvgIpc) is 2.35. The molecule has 0 atom stereocenters. The molecule has 5 heteroatoms. The Kier molecular flexibility index (Phi) is 3.19. The van der Waals surface area contributed by atoms with Crippen LogP contribution in [0.2, 0.25) is 0 Å². The lowest BCUT2D eigenvalue weighted by Gasteiger charge is -1.98. The van der Waals surface area contributed by atoms with Crippen molar-refractivity contribution in [1.29, 1.82) is 0 Å². The molecule has 0 saturated carbocycles. The van der Waals surface area contributed by atoms with Crippen LogP contribution in [0.25, 0.3) is 0 Å². The first kappa shape index (κ1) is 9.15. The largest absolute Gasteiger partial charge is 0.544 e. The quantitative estimate of drug-likeness (QED) is 0.607. The molecule has 0 radical (unpaired) electrons. The number of aryl methyl sites for hydroxylation is 1. The van der Waals surface area contributed by atoms with Gasteiger partial charge in [0.05, 0.1) is 11.0 Å². The minimum atomic E-state index is -1.04. The van der Waals surface area contributed by atoms with Crippen molar-refractivity contribution in [2.75, 3.05) is 6.54 Å². The van der Waals surface area contributed by atoms with Crippen molar-refractivity contribution in [1.82, 2.24) is 4.98 Å². The van der Waals surface area contributed by atoms with E-state index in [9.17, 15) is 9.90 Å². The summed E-state index contributed by atoms with van der Waals surface area (Å²) in [7, 11) is 0. The lowest BCUT2D eigenvalue weighted by molar-refractivity contribution is -0.666. The fourth-order valence-electron chi connectivity index (χ4n) is 0.840. The molecule has 0 bridgehead atoms. The van der Waals surface area contributed by atoms with E-state index in [-0.39, 0.29) is 6.54 Å². The zero-order valence-electron chi connectivity index (χ0n) is 6.74. The third-order valence-electron chi connectivity index (χ3n) is 1.33. The van der Waals surface area contributed by atoms with Crippen molar-refractivity contribution in [3.05, 3.63) is 16.1 Å². The van der Waals surface area contributed by atoms with Crippen molar-refractivity contribution in [3.63, 3.8) is 0 Å². The summed E-state index contributed by atoms with van der Waals surface area (Å²) in [6.45, 7) is 2.53. The standard InChI is InChI=1S/C7H10N2O2S/c1-5-9-6(4-12-5)2-8-3-7(10)11/h4,8H,2-3H2,1H3,(H,10,11). The molecule has 66 valence electrons. The highest BCUT2D eigenvalue weighted by molar-refractivity contribution is 7.09. The highest BCUT2D eigenvalue weighted by Crippen LogP contribution is 2.05. The minimum Gasteiger partial charge on any atom is -0.544 e. The SMILES string of the molecule is Cc1nc(C[NH2+]CC(=O)[O-])cs1. The second kappa shape index (κ2) is 4.18. The first-order chi connectivity index (χ1) is 5.68. The molecule has 0 aliphatic carbocycles. The summed E-state index contributed by atoms with van der Waals surface area (Å²) < 4.78 is 0. The Hall–Kier alpha value is -0.940. The molecule has 4 nitrogen and oxygen atoms in total. The topological polar surface area (TPSA) is 69.6 Å². The number of hydrogen-bond donors (Lipinski definition) is 1. The third-order valence-corrected chi connectivity index (χ3v) is 2.15. The summed E-state index contributed by atoms with van der Waals surface area (Å²) in [4.78, 5) is 14.2. The molecule has 1 aromatic heterocycles. The van der Waals surface area contributed by atoms with E-state index < -0.39 is 5.97 Å². The number of carboxylic acid groups (broad SMARTS) is 1. The van der Waals surface area contributed by atoms with Crippen LogP contribution in [0.5, 0.6) is 0 Å². The molecule has 0 aliphatic rings. The van der Waals surface area contributed by atoms with Crippen LogP contribution in [0.15, 0.2) is 5.38 Å². The van der Waals surface area contributed by atoms with E-state index in [2.05, 4.69) is 4.98 Å². The maximum atomic E-state index is 10.0. The maximum absolute atomic E-state index is 10.0. The maximum Gasteiger partial charge on any atom is 0.120 e. The fourth-order valence-corrected chi connectivity index (χ4v) is 1.47. The van der Waals surface area contributed by atoms with E-state index in [1.54, 1.807) is 16.7 Å².